The van der Waals surface area contributed by atoms with E-state index in [1.165, 1.54) is 10.7 Å². The van der Waals surface area contributed by atoms with Gasteiger partial charge in [0.2, 0.25) is 0 Å². The van der Waals surface area contributed by atoms with Crippen LogP contribution in [0.2, 0.25) is 15.1 Å². The fourth-order valence-electron chi connectivity index (χ4n) is 2.43. The van der Waals surface area contributed by atoms with E-state index in [4.69, 9.17) is 34.8 Å². The third-order valence-electron chi connectivity index (χ3n) is 3.34. The van der Waals surface area contributed by atoms with Crippen LogP contribution in [-0.4, -0.2) is 25.2 Å². The first-order chi connectivity index (χ1) is 10.6. The molecular formula is C18H14Cl3OSn. The van der Waals surface area contributed by atoms with Crippen LogP contribution in [0.1, 0.15) is 0 Å². The van der Waals surface area contributed by atoms with Gasteiger partial charge in [-0.05, 0) is 0 Å². The molecule has 23 heavy (non-hydrogen) atoms. The SMILES string of the molecule is Clc1ccc[c]([Sn]([c]2cccc(Cl)c2)[c]2cccc(Cl)c2)c1.O. The number of hydrogen-bond donors (Lipinski definition) is 0. The van der Waals surface area contributed by atoms with Crippen LogP contribution in [-0.2, 0) is 0 Å². The van der Waals surface area contributed by atoms with Crippen LogP contribution >= 0.6 is 34.8 Å². The molecule has 0 bridgehead atoms. The Balaban J connectivity index is 0.00000192. The third kappa shape index (κ3) is 4.65. The molecule has 0 aliphatic carbocycles. The van der Waals surface area contributed by atoms with Crippen molar-refractivity contribution in [2.24, 2.45) is 0 Å². The molecule has 0 fully saturated rings. The fourth-order valence-corrected chi connectivity index (χ4v) is 11.5. The van der Waals surface area contributed by atoms with Crippen molar-refractivity contribution in [1.82, 2.24) is 0 Å². The van der Waals surface area contributed by atoms with Crippen LogP contribution in [0.25, 0.3) is 0 Å². The number of rotatable bonds is 3. The van der Waals surface area contributed by atoms with Gasteiger partial charge >= 0.3 is 153 Å². The Labute approximate surface area is 157 Å². The molecule has 3 aromatic rings. The van der Waals surface area contributed by atoms with Crippen LogP contribution < -0.4 is 10.7 Å². The predicted molar refractivity (Wildman–Crippen MR) is 103 cm³/mol. The van der Waals surface area contributed by atoms with Crippen molar-refractivity contribution in [3.05, 3.63) is 87.9 Å². The van der Waals surface area contributed by atoms with Crippen LogP contribution in [0, 0.1) is 0 Å². The summed E-state index contributed by atoms with van der Waals surface area (Å²) in [5.74, 6) is 0. The maximum Gasteiger partial charge on any atom is -0.412 e. The Morgan fingerprint density at radius 3 is 1.09 bits per heavy atom. The monoisotopic (exact) mass is 471 g/mol. The molecule has 0 heterocycles. The van der Waals surface area contributed by atoms with Gasteiger partial charge in [-0.3, -0.25) is 0 Å². The van der Waals surface area contributed by atoms with Gasteiger partial charge in [0.15, 0.2) is 0 Å². The minimum atomic E-state index is -2.35. The van der Waals surface area contributed by atoms with E-state index in [9.17, 15) is 0 Å². The predicted octanol–water partition coefficient (Wildman–Crippen LogP) is 3.34. The molecule has 0 amide bonds. The zero-order valence-corrected chi connectivity index (χ0v) is 17.2. The van der Waals surface area contributed by atoms with Gasteiger partial charge in [-0.1, -0.05) is 0 Å². The second-order valence-electron chi connectivity index (χ2n) is 4.91. The van der Waals surface area contributed by atoms with Crippen molar-refractivity contribution in [3.63, 3.8) is 0 Å². The maximum atomic E-state index is 6.21. The first kappa shape index (κ1) is 18.6. The molecule has 5 heteroatoms. The average Bonchev–Trinajstić information content (AvgIpc) is 2.48. The Morgan fingerprint density at radius 1 is 0.522 bits per heavy atom. The molecule has 3 aromatic carbocycles. The van der Waals surface area contributed by atoms with Gasteiger partial charge in [0.25, 0.3) is 0 Å². The molecule has 3 rings (SSSR count). The molecule has 0 aromatic heterocycles. The van der Waals surface area contributed by atoms with E-state index in [0.29, 0.717) is 0 Å². The summed E-state index contributed by atoms with van der Waals surface area (Å²) in [6, 6.07) is 24.4. The van der Waals surface area contributed by atoms with Crippen molar-refractivity contribution >= 4 is 65.3 Å². The normalized spacial score (nSPS) is 10.4. The quantitative estimate of drug-likeness (QED) is 0.525. The van der Waals surface area contributed by atoms with Gasteiger partial charge in [-0.2, -0.15) is 0 Å². The van der Waals surface area contributed by atoms with Crippen molar-refractivity contribution < 1.29 is 5.48 Å². The number of halogens is 3. The van der Waals surface area contributed by atoms with E-state index in [1.54, 1.807) is 0 Å². The second kappa shape index (κ2) is 8.41. The fraction of sp³-hybridized carbons (Fsp3) is 0. The van der Waals surface area contributed by atoms with E-state index in [2.05, 4.69) is 36.4 Å². The average molecular weight is 471 g/mol. The number of hydrogen-bond acceptors (Lipinski definition) is 0. The van der Waals surface area contributed by atoms with Crippen LogP contribution in [0.3, 0.4) is 0 Å². The summed E-state index contributed by atoms with van der Waals surface area (Å²) < 4.78 is 3.92. The van der Waals surface area contributed by atoms with Crippen molar-refractivity contribution in [3.8, 4) is 0 Å². The van der Waals surface area contributed by atoms with Crippen molar-refractivity contribution in [1.29, 1.82) is 0 Å². The zero-order chi connectivity index (χ0) is 15.5. The van der Waals surface area contributed by atoms with Gasteiger partial charge in [0.1, 0.15) is 0 Å². The van der Waals surface area contributed by atoms with Crippen LogP contribution in [0.15, 0.2) is 72.8 Å². The molecule has 0 saturated carbocycles. The first-order valence-corrected chi connectivity index (χ1v) is 12.2. The van der Waals surface area contributed by atoms with Gasteiger partial charge in [-0.25, -0.2) is 0 Å². The smallest absolute Gasteiger partial charge is 0.412 e. The van der Waals surface area contributed by atoms with Gasteiger partial charge < -0.3 is 5.48 Å². The summed E-state index contributed by atoms with van der Waals surface area (Å²) in [4.78, 5) is 0. The summed E-state index contributed by atoms with van der Waals surface area (Å²) in [5, 5.41) is 2.29. The number of benzene rings is 3. The standard InChI is InChI=1S/3C6H4Cl.H2O.Sn/c3*7-6-4-2-1-3-5-6;;/h3*1-2,4-5H;1H2;. The molecule has 1 radical (unpaired) electrons. The van der Waals surface area contributed by atoms with Crippen molar-refractivity contribution in [2.45, 2.75) is 0 Å². The molecular weight excluding hydrogens is 457 g/mol. The third-order valence-corrected chi connectivity index (χ3v) is 11.7. The van der Waals surface area contributed by atoms with Crippen molar-refractivity contribution in [2.75, 3.05) is 0 Å². The molecule has 0 saturated heterocycles. The Bertz CT molecular complexity index is 699. The molecule has 1 nitrogen and oxygen atoms in total. The van der Waals surface area contributed by atoms with E-state index in [0.717, 1.165) is 15.1 Å². The Kier molecular flexibility index (Phi) is 6.81. The Hall–Kier alpha value is -0.711. The minimum absolute atomic E-state index is 0. The summed E-state index contributed by atoms with van der Waals surface area (Å²) in [6.45, 7) is 0. The molecule has 2 N–H and O–H groups in total. The van der Waals surface area contributed by atoms with Gasteiger partial charge in [0.05, 0.1) is 0 Å². The van der Waals surface area contributed by atoms with Gasteiger partial charge in [0, 0.05) is 0 Å². The molecule has 0 atom stereocenters. The van der Waals surface area contributed by atoms with E-state index in [-0.39, 0.29) is 5.48 Å². The summed E-state index contributed by atoms with van der Waals surface area (Å²) in [7, 11) is 0. The minimum Gasteiger partial charge on any atom is -0.412 e. The van der Waals surface area contributed by atoms with E-state index < -0.39 is 19.8 Å². The van der Waals surface area contributed by atoms with Gasteiger partial charge in [-0.15, -0.1) is 0 Å². The summed E-state index contributed by atoms with van der Waals surface area (Å²) >= 11 is 16.3. The Morgan fingerprint density at radius 2 is 0.826 bits per heavy atom. The molecule has 0 aliphatic heterocycles. The molecule has 117 valence electrons. The summed E-state index contributed by atoms with van der Waals surface area (Å²) in [5.41, 5.74) is 0. The molecule has 0 aliphatic rings. The zero-order valence-electron chi connectivity index (χ0n) is 12.1. The molecule has 0 spiro atoms. The first-order valence-electron chi connectivity index (χ1n) is 6.78. The topological polar surface area (TPSA) is 31.5 Å². The van der Waals surface area contributed by atoms with E-state index in [1.807, 2.05) is 36.4 Å². The van der Waals surface area contributed by atoms with Crippen LogP contribution in [0.4, 0.5) is 0 Å². The maximum absolute atomic E-state index is 6.21. The summed E-state index contributed by atoms with van der Waals surface area (Å²) in [6.07, 6.45) is 0. The molecule has 0 unspecified atom stereocenters. The van der Waals surface area contributed by atoms with E-state index >= 15 is 0 Å². The second-order valence-corrected chi connectivity index (χ2v) is 13.3. The van der Waals surface area contributed by atoms with Crippen LogP contribution in [0.5, 0.6) is 0 Å². The largest absolute Gasteiger partial charge is 0.412 e.